The van der Waals surface area contributed by atoms with Gasteiger partial charge in [-0.2, -0.15) is 13.2 Å². The van der Waals surface area contributed by atoms with E-state index in [2.05, 4.69) is 4.98 Å². The first-order valence-electron chi connectivity index (χ1n) is 5.72. The Bertz CT molecular complexity index is 380. The number of hydrogen-bond acceptors (Lipinski definition) is 2. The van der Waals surface area contributed by atoms with Crippen LogP contribution in [0.5, 0.6) is 0 Å². The van der Waals surface area contributed by atoms with Crippen LogP contribution in [0, 0.1) is 0 Å². The lowest BCUT2D eigenvalue weighted by Crippen LogP contribution is -2.37. The van der Waals surface area contributed by atoms with Crippen molar-refractivity contribution in [2.75, 3.05) is 6.54 Å². The molecular formula is C12H15F3N2. The summed E-state index contributed by atoms with van der Waals surface area (Å²) in [5, 5.41) is 0. The average molecular weight is 244 g/mol. The van der Waals surface area contributed by atoms with E-state index in [4.69, 9.17) is 5.73 Å². The fraction of sp³-hybridized carbons (Fsp3) is 0.583. The molecule has 0 radical (unpaired) electrons. The Hall–Kier alpha value is -1.10. The summed E-state index contributed by atoms with van der Waals surface area (Å²) in [6.07, 6.45) is 0.456. The minimum absolute atomic E-state index is 0.0706. The van der Waals surface area contributed by atoms with Gasteiger partial charge < -0.3 is 5.73 Å². The molecule has 1 aliphatic rings. The van der Waals surface area contributed by atoms with Crippen molar-refractivity contribution < 1.29 is 13.2 Å². The Morgan fingerprint density at radius 3 is 2.35 bits per heavy atom. The highest BCUT2D eigenvalue weighted by molar-refractivity contribution is 5.25. The molecule has 1 aliphatic carbocycles. The van der Waals surface area contributed by atoms with E-state index < -0.39 is 11.7 Å². The largest absolute Gasteiger partial charge is 0.417 e. The van der Waals surface area contributed by atoms with Crippen molar-refractivity contribution in [3.8, 4) is 0 Å². The molecule has 0 spiro atoms. The summed E-state index contributed by atoms with van der Waals surface area (Å²) in [5.74, 6) is 0. The zero-order valence-electron chi connectivity index (χ0n) is 9.43. The molecule has 1 aromatic heterocycles. The van der Waals surface area contributed by atoms with Gasteiger partial charge in [0.1, 0.15) is 0 Å². The van der Waals surface area contributed by atoms with Crippen LogP contribution in [-0.2, 0) is 11.6 Å². The number of alkyl halides is 3. The van der Waals surface area contributed by atoms with Crippen molar-refractivity contribution in [1.29, 1.82) is 0 Å². The van der Waals surface area contributed by atoms with E-state index in [1.807, 2.05) is 0 Å². The van der Waals surface area contributed by atoms with E-state index >= 15 is 0 Å². The van der Waals surface area contributed by atoms with Crippen molar-refractivity contribution >= 4 is 0 Å². The molecule has 1 heterocycles. The van der Waals surface area contributed by atoms with Gasteiger partial charge in [-0.25, -0.2) is 0 Å². The van der Waals surface area contributed by atoms with Gasteiger partial charge in [0.25, 0.3) is 0 Å². The minimum Gasteiger partial charge on any atom is -0.330 e. The summed E-state index contributed by atoms with van der Waals surface area (Å²) in [6, 6.07) is 2.61. The predicted molar refractivity (Wildman–Crippen MR) is 58.4 cm³/mol. The standard InChI is InChI=1S/C12H15F3N2/c13-12(14,15)9-2-3-10(17-8-9)11(6-7-16)4-1-5-11/h2-3,8H,1,4-7,16H2. The molecule has 1 fully saturated rings. The zero-order valence-corrected chi connectivity index (χ0v) is 9.43. The molecule has 1 aromatic rings. The molecule has 0 bridgehead atoms. The van der Waals surface area contributed by atoms with Gasteiger partial charge >= 0.3 is 6.18 Å². The van der Waals surface area contributed by atoms with Crippen molar-refractivity contribution in [3.63, 3.8) is 0 Å². The molecule has 0 atom stereocenters. The molecule has 0 amide bonds. The quantitative estimate of drug-likeness (QED) is 0.888. The molecular weight excluding hydrogens is 229 g/mol. The molecule has 2 rings (SSSR count). The van der Waals surface area contributed by atoms with Gasteiger partial charge in [0.2, 0.25) is 0 Å². The summed E-state index contributed by atoms with van der Waals surface area (Å²) in [7, 11) is 0. The fourth-order valence-corrected chi connectivity index (χ4v) is 2.39. The first-order chi connectivity index (χ1) is 7.98. The normalized spacial score (nSPS) is 18.8. The van der Waals surface area contributed by atoms with Crippen LogP contribution in [0.4, 0.5) is 13.2 Å². The molecule has 1 saturated carbocycles. The average Bonchev–Trinajstić information content (AvgIpc) is 2.22. The van der Waals surface area contributed by atoms with E-state index in [0.29, 0.717) is 6.54 Å². The molecule has 0 aliphatic heterocycles. The van der Waals surface area contributed by atoms with E-state index in [-0.39, 0.29) is 5.41 Å². The third-order valence-electron chi connectivity index (χ3n) is 3.57. The van der Waals surface area contributed by atoms with E-state index in [0.717, 1.165) is 43.6 Å². The lowest BCUT2D eigenvalue weighted by molar-refractivity contribution is -0.137. The Kier molecular flexibility index (Phi) is 3.12. The van der Waals surface area contributed by atoms with E-state index in [1.54, 1.807) is 0 Å². The smallest absolute Gasteiger partial charge is 0.330 e. The van der Waals surface area contributed by atoms with Gasteiger partial charge in [-0.15, -0.1) is 0 Å². The second-order valence-electron chi connectivity index (χ2n) is 4.60. The molecule has 0 unspecified atom stereocenters. The van der Waals surface area contributed by atoms with Crippen LogP contribution in [0.3, 0.4) is 0 Å². The van der Waals surface area contributed by atoms with Crippen LogP contribution in [-0.4, -0.2) is 11.5 Å². The molecule has 2 nitrogen and oxygen atoms in total. The van der Waals surface area contributed by atoms with Gasteiger partial charge in [-0.1, -0.05) is 6.42 Å². The SMILES string of the molecule is NCCC1(c2ccc(C(F)(F)F)cn2)CCC1. The molecule has 0 saturated heterocycles. The number of nitrogens with two attached hydrogens (primary N) is 1. The third kappa shape index (κ3) is 2.29. The monoisotopic (exact) mass is 244 g/mol. The summed E-state index contributed by atoms with van der Waals surface area (Å²) < 4.78 is 37.2. The van der Waals surface area contributed by atoms with Crippen LogP contribution in [0.1, 0.15) is 36.9 Å². The van der Waals surface area contributed by atoms with Gasteiger partial charge in [0.05, 0.1) is 5.56 Å². The highest BCUT2D eigenvalue weighted by Gasteiger charge is 2.39. The summed E-state index contributed by atoms with van der Waals surface area (Å²) in [4.78, 5) is 3.98. The first-order valence-corrected chi connectivity index (χ1v) is 5.72. The molecule has 5 heteroatoms. The Morgan fingerprint density at radius 2 is 2.00 bits per heavy atom. The van der Waals surface area contributed by atoms with Crippen molar-refractivity contribution in [1.82, 2.24) is 4.98 Å². The molecule has 17 heavy (non-hydrogen) atoms. The van der Waals surface area contributed by atoms with Crippen molar-refractivity contribution in [2.24, 2.45) is 5.73 Å². The molecule has 94 valence electrons. The number of halogens is 3. The van der Waals surface area contributed by atoms with Crippen LogP contribution in [0.25, 0.3) is 0 Å². The van der Waals surface area contributed by atoms with Gasteiger partial charge in [0.15, 0.2) is 0 Å². The summed E-state index contributed by atoms with van der Waals surface area (Å²) in [6.45, 7) is 0.544. The van der Waals surface area contributed by atoms with Crippen LogP contribution in [0.2, 0.25) is 0 Å². The van der Waals surface area contributed by atoms with Crippen LogP contribution >= 0.6 is 0 Å². The van der Waals surface area contributed by atoms with Crippen molar-refractivity contribution in [3.05, 3.63) is 29.6 Å². The van der Waals surface area contributed by atoms with Gasteiger partial charge in [0, 0.05) is 17.3 Å². The Morgan fingerprint density at radius 1 is 1.29 bits per heavy atom. The fourth-order valence-electron chi connectivity index (χ4n) is 2.39. The predicted octanol–water partition coefficient (Wildman–Crippen LogP) is 2.87. The molecule has 2 N–H and O–H groups in total. The number of rotatable bonds is 3. The lowest BCUT2D eigenvalue weighted by atomic mass is 9.64. The maximum Gasteiger partial charge on any atom is 0.417 e. The summed E-state index contributed by atoms with van der Waals surface area (Å²) in [5.41, 5.74) is 5.54. The van der Waals surface area contributed by atoms with E-state index in [9.17, 15) is 13.2 Å². The first kappa shape index (κ1) is 12.4. The highest BCUT2D eigenvalue weighted by Crippen LogP contribution is 2.45. The number of nitrogens with zero attached hydrogens (tertiary/aromatic N) is 1. The van der Waals surface area contributed by atoms with E-state index in [1.165, 1.54) is 6.07 Å². The topological polar surface area (TPSA) is 38.9 Å². The number of aromatic nitrogens is 1. The Labute approximate surface area is 98.0 Å². The van der Waals surface area contributed by atoms with Crippen LogP contribution < -0.4 is 5.73 Å². The maximum absolute atomic E-state index is 12.4. The van der Waals surface area contributed by atoms with Gasteiger partial charge in [-0.3, -0.25) is 4.98 Å². The second kappa shape index (κ2) is 4.29. The lowest BCUT2D eigenvalue weighted by Gasteiger charge is -2.41. The van der Waals surface area contributed by atoms with Crippen LogP contribution in [0.15, 0.2) is 18.3 Å². The minimum atomic E-state index is -4.31. The summed E-state index contributed by atoms with van der Waals surface area (Å²) >= 11 is 0. The highest BCUT2D eigenvalue weighted by atomic mass is 19.4. The van der Waals surface area contributed by atoms with Crippen molar-refractivity contribution in [2.45, 2.75) is 37.3 Å². The van der Waals surface area contributed by atoms with Gasteiger partial charge in [-0.05, 0) is 37.9 Å². The number of pyridine rings is 1. The third-order valence-corrected chi connectivity index (χ3v) is 3.57. The zero-order chi connectivity index (χ0) is 12.5. The Balaban J connectivity index is 2.23. The second-order valence-corrected chi connectivity index (χ2v) is 4.60. The maximum atomic E-state index is 12.4. The number of hydrogen-bond donors (Lipinski definition) is 1. The molecule has 0 aromatic carbocycles.